The molecule has 0 saturated carbocycles. The molecule has 0 amide bonds. The highest BCUT2D eigenvalue weighted by atomic mass is 16.5. The maximum atomic E-state index is 5.14. The predicted molar refractivity (Wildman–Crippen MR) is 78.5 cm³/mol. The number of nitrogens with one attached hydrogen (secondary N) is 1. The van der Waals surface area contributed by atoms with Crippen molar-refractivity contribution in [2.24, 2.45) is 0 Å². The molecule has 19 heavy (non-hydrogen) atoms. The Labute approximate surface area is 114 Å². The predicted octanol–water partition coefficient (Wildman–Crippen LogP) is 2.93. The summed E-state index contributed by atoms with van der Waals surface area (Å²) in [6.45, 7) is 1.66. The minimum Gasteiger partial charge on any atom is -0.384 e. The molecule has 0 aliphatic carbocycles. The van der Waals surface area contributed by atoms with E-state index in [0.29, 0.717) is 0 Å². The Morgan fingerprint density at radius 3 is 2.79 bits per heavy atom. The first-order valence-electron chi connectivity index (χ1n) is 6.60. The number of anilines is 1. The van der Waals surface area contributed by atoms with Gasteiger partial charge in [0.05, 0.1) is 6.61 Å². The molecule has 0 unspecified atom stereocenters. The summed E-state index contributed by atoms with van der Waals surface area (Å²) in [5.74, 6) is 0. The maximum Gasteiger partial charge on any atom is 0.0503 e. The lowest BCUT2D eigenvalue weighted by Crippen LogP contribution is -2.08. The largest absolute Gasteiger partial charge is 0.384 e. The molecule has 2 aromatic rings. The smallest absolute Gasteiger partial charge is 0.0503 e. The van der Waals surface area contributed by atoms with E-state index >= 15 is 0 Å². The van der Waals surface area contributed by atoms with Crippen LogP contribution in [0.15, 0.2) is 48.8 Å². The fraction of sp³-hybridized carbons (Fsp3) is 0.312. The van der Waals surface area contributed by atoms with Crippen LogP contribution in [0.25, 0.3) is 0 Å². The van der Waals surface area contributed by atoms with Crippen LogP contribution in [0, 0.1) is 0 Å². The highest BCUT2D eigenvalue weighted by molar-refractivity contribution is 5.51. The molecule has 0 atom stereocenters. The zero-order valence-electron chi connectivity index (χ0n) is 11.3. The minimum atomic E-state index is 0.751. The second-order valence-electron chi connectivity index (χ2n) is 4.44. The molecule has 0 fully saturated rings. The summed E-state index contributed by atoms with van der Waals surface area (Å²) in [4.78, 5) is 4.12. The molecule has 0 aliphatic rings. The summed E-state index contributed by atoms with van der Waals surface area (Å²) < 4.78 is 5.14. The fourth-order valence-electron chi connectivity index (χ4n) is 2.01. The molecule has 0 saturated heterocycles. The molecule has 0 spiro atoms. The Hall–Kier alpha value is -1.87. The quantitative estimate of drug-likeness (QED) is 0.827. The maximum absolute atomic E-state index is 5.14. The van der Waals surface area contributed by atoms with Gasteiger partial charge in [-0.3, -0.25) is 4.98 Å². The lowest BCUT2D eigenvalue weighted by molar-refractivity contribution is 0.202. The normalized spacial score (nSPS) is 10.4. The van der Waals surface area contributed by atoms with Crippen LogP contribution < -0.4 is 5.32 Å². The van der Waals surface area contributed by atoms with Gasteiger partial charge in [-0.25, -0.2) is 0 Å². The summed E-state index contributed by atoms with van der Waals surface area (Å²) in [7, 11) is 1.73. The molecule has 0 radical (unpaired) electrons. The van der Waals surface area contributed by atoms with Gasteiger partial charge in [-0.15, -0.1) is 0 Å². The first-order valence-corrected chi connectivity index (χ1v) is 6.60. The van der Waals surface area contributed by atoms with Gasteiger partial charge in [0, 0.05) is 31.7 Å². The molecule has 0 aliphatic heterocycles. The Morgan fingerprint density at radius 1 is 1.11 bits per heavy atom. The van der Waals surface area contributed by atoms with E-state index in [9.17, 15) is 0 Å². The summed E-state index contributed by atoms with van der Waals surface area (Å²) in [6, 6.07) is 12.5. The zero-order chi connectivity index (χ0) is 13.3. The van der Waals surface area contributed by atoms with E-state index in [1.807, 2.05) is 12.3 Å². The van der Waals surface area contributed by atoms with Crippen molar-refractivity contribution in [3.8, 4) is 0 Å². The van der Waals surface area contributed by atoms with Crippen molar-refractivity contribution in [3.05, 3.63) is 59.9 Å². The van der Waals surface area contributed by atoms with E-state index in [1.165, 1.54) is 16.8 Å². The first kappa shape index (κ1) is 13.6. The van der Waals surface area contributed by atoms with Crippen molar-refractivity contribution >= 4 is 5.69 Å². The average molecular weight is 256 g/mol. The molecule has 3 heteroatoms. The number of ether oxygens (including phenoxy) is 1. The summed E-state index contributed by atoms with van der Waals surface area (Å²) in [6.07, 6.45) is 5.63. The third-order valence-corrected chi connectivity index (χ3v) is 3.04. The number of para-hydroxylation sites is 1. The van der Waals surface area contributed by atoms with Crippen LogP contribution >= 0.6 is 0 Å². The summed E-state index contributed by atoms with van der Waals surface area (Å²) in [5, 5.41) is 3.49. The third-order valence-electron chi connectivity index (χ3n) is 3.04. The number of hydrogen-bond acceptors (Lipinski definition) is 3. The number of pyridine rings is 1. The van der Waals surface area contributed by atoms with Gasteiger partial charge in [-0.1, -0.05) is 24.3 Å². The average Bonchev–Trinajstić information content (AvgIpc) is 2.47. The first-order chi connectivity index (χ1) is 9.40. The standard InChI is InChI=1S/C16H20N2O/c1-19-12-9-15-6-2-3-7-16(15)18-11-8-14-5-4-10-17-13-14/h2-7,10,13,18H,8-9,11-12H2,1H3. The van der Waals surface area contributed by atoms with E-state index in [0.717, 1.165) is 26.0 Å². The van der Waals surface area contributed by atoms with Crippen LogP contribution in [0.2, 0.25) is 0 Å². The molecule has 100 valence electrons. The van der Waals surface area contributed by atoms with Gasteiger partial charge < -0.3 is 10.1 Å². The topological polar surface area (TPSA) is 34.1 Å². The Kier molecular flexibility index (Phi) is 5.38. The monoisotopic (exact) mass is 256 g/mol. The molecular weight excluding hydrogens is 236 g/mol. The van der Waals surface area contributed by atoms with E-state index < -0.39 is 0 Å². The molecule has 0 bridgehead atoms. The Morgan fingerprint density at radius 2 is 2.00 bits per heavy atom. The SMILES string of the molecule is COCCc1ccccc1NCCc1cccnc1. The molecule has 1 aromatic carbocycles. The molecular formula is C16H20N2O. The molecule has 1 heterocycles. The van der Waals surface area contributed by atoms with Crippen molar-refractivity contribution in [2.45, 2.75) is 12.8 Å². The van der Waals surface area contributed by atoms with Crippen LogP contribution in [-0.4, -0.2) is 25.2 Å². The van der Waals surface area contributed by atoms with Gasteiger partial charge in [-0.2, -0.15) is 0 Å². The lowest BCUT2D eigenvalue weighted by Gasteiger charge is -2.11. The van der Waals surface area contributed by atoms with E-state index in [1.54, 1.807) is 13.3 Å². The summed E-state index contributed by atoms with van der Waals surface area (Å²) in [5.41, 5.74) is 3.75. The van der Waals surface area contributed by atoms with Gasteiger partial charge in [0.2, 0.25) is 0 Å². The van der Waals surface area contributed by atoms with Gasteiger partial charge in [-0.05, 0) is 36.1 Å². The van der Waals surface area contributed by atoms with E-state index in [2.05, 4.69) is 40.6 Å². The molecule has 1 N–H and O–H groups in total. The van der Waals surface area contributed by atoms with Crippen LogP contribution in [0.1, 0.15) is 11.1 Å². The number of nitrogens with zero attached hydrogens (tertiary/aromatic N) is 1. The van der Waals surface area contributed by atoms with Gasteiger partial charge in [0.1, 0.15) is 0 Å². The molecule has 3 nitrogen and oxygen atoms in total. The van der Waals surface area contributed by atoms with Crippen molar-refractivity contribution in [1.82, 2.24) is 4.98 Å². The number of methoxy groups -OCH3 is 1. The van der Waals surface area contributed by atoms with Crippen molar-refractivity contribution < 1.29 is 4.74 Å². The number of aromatic nitrogens is 1. The second-order valence-corrected chi connectivity index (χ2v) is 4.44. The van der Waals surface area contributed by atoms with E-state index in [-0.39, 0.29) is 0 Å². The van der Waals surface area contributed by atoms with Crippen LogP contribution in [0.3, 0.4) is 0 Å². The van der Waals surface area contributed by atoms with Gasteiger partial charge in [0.15, 0.2) is 0 Å². The van der Waals surface area contributed by atoms with Gasteiger partial charge >= 0.3 is 0 Å². The molecule has 1 aromatic heterocycles. The van der Waals surface area contributed by atoms with Crippen molar-refractivity contribution in [3.63, 3.8) is 0 Å². The zero-order valence-corrected chi connectivity index (χ0v) is 11.3. The van der Waals surface area contributed by atoms with Gasteiger partial charge in [0.25, 0.3) is 0 Å². The van der Waals surface area contributed by atoms with Crippen LogP contribution in [0.4, 0.5) is 5.69 Å². The number of rotatable bonds is 7. The minimum absolute atomic E-state index is 0.751. The van der Waals surface area contributed by atoms with Crippen molar-refractivity contribution in [1.29, 1.82) is 0 Å². The second kappa shape index (κ2) is 7.54. The fourth-order valence-corrected chi connectivity index (χ4v) is 2.01. The summed E-state index contributed by atoms with van der Waals surface area (Å²) >= 11 is 0. The highest BCUT2D eigenvalue weighted by Crippen LogP contribution is 2.15. The third kappa shape index (κ3) is 4.38. The molecule has 2 rings (SSSR count). The van der Waals surface area contributed by atoms with E-state index in [4.69, 9.17) is 4.74 Å². The number of benzene rings is 1. The van der Waals surface area contributed by atoms with Crippen LogP contribution in [0.5, 0.6) is 0 Å². The Balaban J connectivity index is 1.88. The Bertz CT molecular complexity index is 485. The van der Waals surface area contributed by atoms with Crippen LogP contribution in [-0.2, 0) is 17.6 Å². The lowest BCUT2D eigenvalue weighted by atomic mass is 10.1. The van der Waals surface area contributed by atoms with Crippen molar-refractivity contribution in [2.75, 3.05) is 25.6 Å². The number of hydrogen-bond donors (Lipinski definition) is 1. The highest BCUT2D eigenvalue weighted by Gasteiger charge is 2.01.